The van der Waals surface area contributed by atoms with E-state index in [1.807, 2.05) is 0 Å². The second-order valence-electron chi connectivity index (χ2n) is 4.49. The molecule has 1 aliphatic heterocycles. The number of thiophene rings is 1. The summed E-state index contributed by atoms with van der Waals surface area (Å²) in [6, 6.07) is 1.69. The molecule has 102 valence electrons. The van der Waals surface area contributed by atoms with Gasteiger partial charge in [0.25, 0.3) is 5.91 Å². The Kier molecular flexibility index (Phi) is 4.97. The van der Waals surface area contributed by atoms with E-state index < -0.39 is 0 Å². The first-order chi connectivity index (χ1) is 9.26. The monoisotopic (exact) mass is 279 g/mol. The van der Waals surface area contributed by atoms with Crippen molar-refractivity contribution in [2.45, 2.75) is 25.3 Å². The van der Waals surface area contributed by atoms with Crippen molar-refractivity contribution in [1.82, 2.24) is 4.90 Å². The van der Waals surface area contributed by atoms with Gasteiger partial charge in [0.2, 0.25) is 0 Å². The van der Waals surface area contributed by atoms with Crippen molar-refractivity contribution < 1.29 is 15.0 Å². The van der Waals surface area contributed by atoms with Gasteiger partial charge in [-0.2, -0.15) is 0 Å². The van der Waals surface area contributed by atoms with Gasteiger partial charge in [-0.3, -0.25) is 4.79 Å². The van der Waals surface area contributed by atoms with Crippen molar-refractivity contribution >= 4 is 17.2 Å². The number of hydrogen-bond acceptors (Lipinski definition) is 4. The number of aliphatic hydroxyl groups is 2. The van der Waals surface area contributed by atoms with Crippen LogP contribution in [0.2, 0.25) is 0 Å². The largest absolute Gasteiger partial charge is 0.394 e. The van der Waals surface area contributed by atoms with Crippen molar-refractivity contribution in [3.05, 3.63) is 21.9 Å². The zero-order chi connectivity index (χ0) is 13.7. The molecule has 4 nitrogen and oxygen atoms in total. The maximum Gasteiger partial charge on any atom is 0.255 e. The molecule has 1 unspecified atom stereocenters. The van der Waals surface area contributed by atoms with E-state index in [2.05, 4.69) is 11.8 Å². The molecular formula is C14H17NO3S. The molecule has 1 aliphatic rings. The average Bonchev–Trinajstić information content (AvgIpc) is 2.93. The average molecular weight is 279 g/mol. The van der Waals surface area contributed by atoms with Gasteiger partial charge in [-0.1, -0.05) is 11.8 Å². The SMILES string of the molecule is O=C(c1csc(C#CCO)c1)N1CCCCC1CO. The molecule has 1 amide bonds. The summed E-state index contributed by atoms with van der Waals surface area (Å²) in [5.41, 5.74) is 0.618. The lowest BCUT2D eigenvalue weighted by Gasteiger charge is -2.34. The Hall–Kier alpha value is -1.35. The summed E-state index contributed by atoms with van der Waals surface area (Å²) in [6.07, 6.45) is 2.92. The molecule has 0 saturated carbocycles. The van der Waals surface area contributed by atoms with E-state index in [0.29, 0.717) is 12.1 Å². The third kappa shape index (κ3) is 3.35. The molecule has 2 heterocycles. The van der Waals surface area contributed by atoms with Crippen molar-refractivity contribution in [2.75, 3.05) is 19.8 Å². The summed E-state index contributed by atoms with van der Waals surface area (Å²) in [5, 5.41) is 19.8. The Morgan fingerprint density at radius 1 is 1.47 bits per heavy atom. The van der Waals surface area contributed by atoms with Crippen LogP contribution in [0.15, 0.2) is 11.4 Å². The maximum atomic E-state index is 12.4. The van der Waals surface area contributed by atoms with E-state index in [9.17, 15) is 9.90 Å². The fourth-order valence-corrected chi connectivity index (χ4v) is 3.01. The van der Waals surface area contributed by atoms with Crippen molar-refractivity contribution in [2.24, 2.45) is 0 Å². The van der Waals surface area contributed by atoms with Gasteiger partial charge in [0.15, 0.2) is 0 Å². The van der Waals surface area contributed by atoms with Crippen LogP contribution in [0, 0.1) is 11.8 Å². The van der Waals surface area contributed by atoms with E-state index >= 15 is 0 Å². The maximum absolute atomic E-state index is 12.4. The highest BCUT2D eigenvalue weighted by Gasteiger charge is 2.27. The van der Waals surface area contributed by atoms with Crippen LogP contribution in [0.1, 0.15) is 34.5 Å². The molecule has 1 aromatic rings. The summed E-state index contributed by atoms with van der Waals surface area (Å²) < 4.78 is 0. The second-order valence-corrected chi connectivity index (χ2v) is 5.40. The minimum atomic E-state index is -0.181. The highest BCUT2D eigenvalue weighted by molar-refractivity contribution is 7.10. The molecule has 19 heavy (non-hydrogen) atoms. The number of rotatable bonds is 2. The number of nitrogens with zero attached hydrogens (tertiary/aromatic N) is 1. The van der Waals surface area contributed by atoms with Crippen LogP contribution in [0.3, 0.4) is 0 Å². The van der Waals surface area contributed by atoms with E-state index in [0.717, 1.165) is 24.1 Å². The predicted molar refractivity (Wildman–Crippen MR) is 74.0 cm³/mol. The third-order valence-corrected chi connectivity index (χ3v) is 4.08. The quantitative estimate of drug-likeness (QED) is 0.796. The van der Waals surface area contributed by atoms with Gasteiger partial charge in [0.1, 0.15) is 6.61 Å². The van der Waals surface area contributed by atoms with Crippen molar-refractivity contribution in [3.8, 4) is 11.8 Å². The Bertz CT molecular complexity index is 500. The van der Waals surface area contributed by atoms with Crippen LogP contribution in [0.5, 0.6) is 0 Å². The standard InChI is InChI=1S/C14H17NO3S/c16-7-3-5-13-8-11(10-19-13)14(18)15-6-2-1-4-12(15)9-17/h8,10,12,16-17H,1-2,4,6-7,9H2. The first-order valence-electron chi connectivity index (χ1n) is 6.36. The molecule has 5 heteroatoms. The van der Waals surface area contributed by atoms with Crippen molar-refractivity contribution in [3.63, 3.8) is 0 Å². The van der Waals surface area contributed by atoms with Crippen LogP contribution in [0.4, 0.5) is 0 Å². The fourth-order valence-electron chi connectivity index (χ4n) is 2.26. The molecule has 1 aromatic heterocycles. The van der Waals surface area contributed by atoms with Gasteiger partial charge in [0, 0.05) is 11.9 Å². The Balaban J connectivity index is 2.12. The van der Waals surface area contributed by atoms with E-state index in [1.165, 1.54) is 11.3 Å². The lowest BCUT2D eigenvalue weighted by molar-refractivity contribution is 0.0503. The Morgan fingerprint density at radius 3 is 3.05 bits per heavy atom. The predicted octanol–water partition coefficient (Wildman–Crippen LogP) is 1.08. The summed E-state index contributed by atoms with van der Waals surface area (Å²) in [4.78, 5) is 14.9. The lowest BCUT2D eigenvalue weighted by Crippen LogP contribution is -2.45. The summed E-state index contributed by atoms with van der Waals surface area (Å²) >= 11 is 1.40. The normalized spacial score (nSPS) is 18.8. The number of carbonyl (C=O) groups excluding carboxylic acids is 1. The molecule has 0 radical (unpaired) electrons. The van der Waals surface area contributed by atoms with Crippen LogP contribution in [0.25, 0.3) is 0 Å². The van der Waals surface area contributed by atoms with Gasteiger partial charge in [-0.05, 0) is 25.3 Å². The molecule has 1 saturated heterocycles. The summed E-state index contributed by atoms with van der Waals surface area (Å²) in [5.74, 6) is 5.33. The van der Waals surface area contributed by atoms with Gasteiger partial charge < -0.3 is 15.1 Å². The van der Waals surface area contributed by atoms with Crippen LogP contribution in [-0.4, -0.2) is 46.8 Å². The molecule has 1 atom stereocenters. The molecular weight excluding hydrogens is 262 g/mol. The second kappa shape index (κ2) is 6.71. The van der Waals surface area contributed by atoms with Gasteiger partial charge >= 0.3 is 0 Å². The van der Waals surface area contributed by atoms with Gasteiger partial charge in [-0.25, -0.2) is 0 Å². The number of aliphatic hydroxyl groups excluding tert-OH is 2. The molecule has 0 spiro atoms. The zero-order valence-corrected chi connectivity index (χ0v) is 11.4. The Labute approximate surface area is 116 Å². The van der Waals surface area contributed by atoms with Crippen LogP contribution < -0.4 is 0 Å². The van der Waals surface area contributed by atoms with Crippen molar-refractivity contribution in [1.29, 1.82) is 0 Å². The molecule has 2 rings (SSSR count). The van der Waals surface area contributed by atoms with E-state index in [1.54, 1.807) is 16.3 Å². The molecule has 2 N–H and O–H groups in total. The number of hydrogen-bond donors (Lipinski definition) is 2. The number of piperidine rings is 1. The third-order valence-electron chi connectivity index (χ3n) is 3.24. The smallest absolute Gasteiger partial charge is 0.255 e. The van der Waals surface area contributed by atoms with E-state index in [-0.39, 0.29) is 25.2 Å². The number of carbonyl (C=O) groups is 1. The van der Waals surface area contributed by atoms with Gasteiger partial charge in [0.05, 0.1) is 23.1 Å². The zero-order valence-electron chi connectivity index (χ0n) is 10.6. The van der Waals surface area contributed by atoms with Gasteiger partial charge in [-0.15, -0.1) is 11.3 Å². The van der Waals surface area contributed by atoms with Crippen LogP contribution >= 0.6 is 11.3 Å². The first kappa shape index (κ1) is 14.1. The topological polar surface area (TPSA) is 60.8 Å². The summed E-state index contributed by atoms with van der Waals surface area (Å²) in [6.45, 7) is 0.546. The minimum absolute atomic E-state index is 0.0209. The van der Waals surface area contributed by atoms with Crippen LogP contribution in [-0.2, 0) is 0 Å². The molecule has 0 aromatic carbocycles. The molecule has 1 fully saturated rings. The molecule has 0 bridgehead atoms. The fraction of sp³-hybridized carbons (Fsp3) is 0.500. The highest BCUT2D eigenvalue weighted by Crippen LogP contribution is 2.22. The Morgan fingerprint density at radius 2 is 2.32 bits per heavy atom. The lowest BCUT2D eigenvalue weighted by atomic mass is 10.0. The minimum Gasteiger partial charge on any atom is -0.394 e. The number of amides is 1. The first-order valence-corrected chi connectivity index (χ1v) is 7.24. The molecule has 0 aliphatic carbocycles. The van der Waals surface area contributed by atoms with E-state index in [4.69, 9.17) is 5.11 Å². The number of likely N-dealkylation sites (tertiary alicyclic amines) is 1. The highest BCUT2D eigenvalue weighted by atomic mass is 32.1. The summed E-state index contributed by atoms with van der Waals surface area (Å²) in [7, 11) is 0.